The Hall–Kier alpha value is -0.700. The van der Waals surface area contributed by atoms with Crippen LogP contribution in [0.3, 0.4) is 0 Å². The van der Waals surface area contributed by atoms with Crippen molar-refractivity contribution in [2.45, 2.75) is 18.2 Å². The van der Waals surface area contributed by atoms with Crippen LogP contribution in [0.15, 0.2) is 23.1 Å². The lowest BCUT2D eigenvalue weighted by Gasteiger charge is -2.06. The molecule has 1 nitrogen and oxygen atoms in total. The predicted molar refractivity (Wildman–Crippen MR) is 52.4 cm³/mol. The van der Waals surface area contributed by atoms with Gasteiger partial charge in [0.1, 0.15) is 5.82 Å². The Morgan fingerprint density at radius 3 is 2.83 bits per heavy atom. The van der Waals surface area contributed by atoms with Gasteiger partial charge in [-0.3, -0.25) is 0 Å². The van der Waals surface area contributed by atoms with Crippen molar-refractivity contribution in [3.63, 3.8) is 0 Å². The molecule has 1 N–H and O–H groups in total. The highest BCUT2D eigenvalue weighted by molar-refractivity contribution is 7.80. The first-order valence-corrected chi connectivity index (χ1v) is 4.41. The summed E-state index contributed by atoms with van der Waals surface area (Å²) in [6.07, 6.45) is 1.05. The number of anilines is 1. The molecule has 0 fully saturated rings. The van der Waals surface area contributed by atoms with Gasteiger partial charge in [-0.25, -0.2) is 4.39 Å². The summed E-state index contributed by atoms with van der Waals surface area (Å²) in [6, 6.07) is 4.53. The summed E-state index contributed by atoms with van der Waals surface area (Å²) in [6.45, 7) is 2.97. The largest absolute Gasteiger partial charge is 0.384 e. The average Bonchev–Trinajstić information content (AvgIpc) is 2.03. The molecule has 0 aliphatic carbocycles. The van der Waals surface area contributed by atoms with Crippen LogP contribution in [-0.4, -0.2) is 6.54 Å². The molecule has 0 spiro atoms. The second kappa shape index (κ2) is 4.36. The van der Waals surface area contributed by atoms with Crippen LogP contribution in [0.2, 0.25) is 0 Å². The van der Waals surface area contributed by atoms with E-state index in [1.807, 2.05) is 0 Å². The number of nitrogens with one attached hydrogen (secondary N) is 1. The quantitative estimate of drug-likeness (QED) is 0.690. The summed E-state index contributed by atoms with van der Waals surface area (Å²) in [5, 5.41) is 3.15. The summed E-state index contributed by atoms with van der Waals surface area (Å²) in [5.74, 6) is -0.248. The second-order valence-corrected chi connectivity index (χ2v) is 3.07. The molecular formula is C9H12FNS. The Kier molecular flexibility index (Phi) is 3.41. The van der Waals surface area contributed by atoms with Gasteiger partial charge < -0.3 is 5.32 Å². The fraction of sp³-hybridized carbons (Fsp3) is 0.333. The van der Waals surface area contributed by atoms with E-state index in [4.69, 9.17) is 0 Å². The lowest BCUT2D eigenvalue weighted by atomic mass is 10.3. The summed E-state index contributed by atoms with van der Waals surface area (Å²) in [7, 11) is 0. The molecular weight excluding hydrogens is 173 g/mol. The van der Waals surface area contributed by atoms with E-state index in [1.165, 1.54) is 12.1 Å². The molecule has 0 saturated carbocycles. The molecule has 1 rings (SSSR count). The molecule has 0 amide bonds. The summed E-state index contributed by atoms with van der Waals surface area (Å²) in [5.41, 5.74) is 0.890. The fourth-order valence-corrected chi connectivity index (χ4v) is 1.19. The normalized spacial score (nSPS) is 9.92. The molecule has 0 aliphatic heterocycles. The maximum absolute atomic E-state index is 12.6. The molecule has 0 radical (unpaired) electrons. The van der Waals surface area contributed by atoms with Gasteiger partial charge in [0.15, 0.2) is 0 Å². The van der Waals surface area contributed by atoms with Gasteiger partial charge in [-0.05, 0) is 24.6 Å². The van der Waals surface area contributed by atoms with E-state index >= 15 is 0 Å². The number of benzene rings is 1. The first-order valence-electron chi connectivity index (χ1n) is 3.96. The van der Waals surface area contributed by atoms with E-state index in [2.05, 4.69) is 24.9 Å². The van der Waals surface area contributed by atoms with E-state index in [1.54, 1.807) is 6.07 Å². The van der Waals surface area contributed by atoms with Crippen molar-refractivity contribution in [2.75, 3.05) is 11.9 Å². The van der Waals surface area contributed by atoms with Gasteiger partial charge in [0.25, 0.3) is 0 Å². The van der Waals surface area contributed by atoms with Crippen molar-refractivity contribution >= 4 is 18.3 Å². The van der Waals surface area contributed by atoms with Crippen LogP contribution in [0.5, 0.6) is 0 Å². The van der Waals surface area contributed by atoms with Gasteiger partial charge in [-0.1, -0.05) is 6.92 Å². The minimum absolute atomic E-state index is 0.248. The first-order chi connectivity index (χ1) is 5.74. The fourth-order valence-electron chi connectivity index (χ4n) is 0.914. The van der Waals surface area contributed by atoms with E-state index in [0.717, 1.165) is 18.7 Å². The zero-order chi connectivity index (χ0) is 8.97. The minimum Gasteiger partial charge on any atom is -0.384 e. The van der Waals surface area contributed by atoms with E-state index in [0.29, 0.717) is 4.90 Å². The van der Waals surface area contributed by atoms with Crippen molar-refractivity contribution in [2.24, 2.45) is 0 Å². The first kappa shape index (κ1) is 9.39. The van der Waals surface area contributed by atoms with Gasteiger partial charge in [-0.15, -0.1) is 12.6 Å². The Morgan fingerprint density at radius 1 is 1.50 bits per heavy atom. The number of hydrogen-bond donors (Lipinski definition) is 2. The number of halogens is 1. The van der Waals surface area contributed by atoms with Crippen molar-refractivity contribution in [1.29, 1.82) is 0 Å². The molecule has 12 heavy (non-hydrogen) atoms. The Balaban J connectivity index is 2.72. The van der Waals surface area contributed by atoms with Crippen LogP contribution < -0.4 is 5.32 Å². The lowest BCUT2D eigenvalue weighted by molar-refractivity contribution is 0.624. The highest BCUT2D eigenvalue weighted by Gasteiger charge is 1.98. The predicted octanol–water partition coefficient (Wildman–Crippen LogP) is 2.94. The standard InChI is InChI=1S/C9H12FNS/c1-2-5-11-8-4-3-7(10)6-9(8)12/h3-4,6,11-12H,2,5H2,1H3. The number of hydrogen-bond acceptors (Lipinski definition) is 2. The van der Waals surface area contributed by atoms with E-state index < -0.39 is 0 Å². The zero-order valence-electron chi connectivity index (χ0n) is 6.97. The maximum atomic E-state index is 12.6. The topological polar surface area (TPSA) is 12.0 Å². The van der Waals surface area contributed by atoms with Crippen LogP contribution in [0, 0.1) is 5.82 Å². The van der Waals surface area contributed by atoms with Crippen molar-refractivity contribution in [3.05, 3.63) is 24.0 Å². The van der Waals surface area contributed by atoms with Crippen LogP contribution in [-0.2, 0) is 0 Å². The van der Waals surface area contributed by atoms with Crippen LogP contribution in [0.25, 0.3) is 0 Å². The lowest BCUT2D eigenvalue weighted by Crippen LogP contribution is -2.00. The van der Waals surface area contributed by atoms with Crippen LogP contribution >= 0.6 is 12.6 Å². The molecule has 0 saturated heterocycles. The van der Waals surface area contributed by atoms with Crippen LogP contribution in [0.1, 0.15) is 13.3 Å². The molecule has 0 atom stereocenters. The Morgan fingerprint density at radius 2 is 2.25 bits per heavy atom. The Labute approximate surface area is 77.4 Å². The summed E-state index contributed by atoms with van der Waals surface area (Å²) >= 11 is 4.14. The van der Waals surface area contributed by atoms with E-state index in [9.17, 15) is 4.39 Å². The zero-order valence-corrected chi connectivity index (χ0v) is 7.87. The molecule has 3 heteroatoms. The smallest absolute Gasteiger partial charge is 0.124 e. The third-order valence-electron chi connectivity index (χ3n) is 1.53. The molecule has 0 bridgehead atoms. The van der Waals surface area contributed by atoms with Crippen molar-refractivity contribution < 1.29 is 4.39 Å². The number of rotatable bonds is 3. The van der Waals surface area contributed by atoms with Crippen molar-refractivity contribution in [3.8, 4) is 0 Å². The number of thiol groups is 1. The van der Waals surface area contributed by atoms with Gasteiger partial charge >= 0.3 is 0 Å². The van der Waals surface area contributed by atoms with Gasteiger partial charge in [0, 0.05) is 17.1 Å². The highest BCUT2D eigenvalue weighted by Crippen LogP contribution is 2.20. The molecule has 1 aromatic rings. The van der Waals surface area contributed by atoms with Crippen molar-refractivity contribution in [1.82, 2.24) is 0 Å². The third-order valence-corrected chi connectivity index (χ3v) is 1.90. The minimum atomic E-state index is -0.248. The monoisotopic (exact) mass is 185 g/mol. The van der Waals surface area contributed by atoms with Gasteiger partial charge in [0.2, 0.25) is 0 Å². The summed E-state index contributed by atoms with van der Waals surface area (Å²) in [4.78, 5) is 0.656. The third kappa shape index (κ3) is 2.41. The summed E-state index contributed by atoms with van der Waals surface area (Å²) < 4.78 is 12.6. The molecule has 0 aromatic heterocycles. The maximum Gasteiger partial charge on any atom is 0.124 e. The molecule has 0 unspecified atom stereocenters. The highest BCUT2D eigenvalue weighted by atomic mass is 32.1. The van der Waals surface area contributed by atoms with Gasteiger partial charge in [-0.2, -0.15) is 0 Å². The molecule has 0 heterocycles. The SMILES string of the molecule is CCCNc1ccc(F)cc1S. The van der Waals surface area contributed by atoms with Crippen LogP contribution in [0.4, 0.5) is 10.1 Å². The molecule has 1 aromatic carbocycles. The molecule has 66 valence electrons. The van der Waals surface area contributed by atoms with E-state index in [-0.39, 0.29) is 5.82 Å². The van der Waals surface area contributed by atoms with Gasteiger partial charge in [0.05, 0.1) is 0 Å². The average molecular weight is 185 g/mol. The Bertz CT molecular complexity index is 263. The molecule has 0 aliphatic rings. The second-order valence-electron chi connectivity index (χ2n) is 2.59.